The van der Waals surface area contributed by atoms with Crippen molar-refractivity contribution in [3.8, 4) is 5.75 Å². The summed E-state index contributed by atoms with van der Waals surface area (Å²) in [5.41, 5.74) is 6.47. The van der Waals surface area contributed by atoms with Crippen LogP contribution in [-0.2, 0) is 11.2 Å². The average Bonchev–Trinajstić information content (AvgIpc) is 2.29. The minimum atomic E-state index is -0.689. The van der Waals surface area contributed by atoms with E-state index in [0.29, 0.717) is 5.75 Å². The Morgan fingerprint density at radius 1 is 1.25 bits per heavy atom. The van der Waals surface area contributed by atoms with Gasteiger partial charge in [-0.1, -0.05) is 19.1 Å². The molecule has 114 valence electrons. The molecule has 1 rings (SSSR count). The Morgan fingerprint density at radius 2 is 1.80 bits per heavy atom. The predicted octanol–water partition coefficient (Wildman–Crippen LogP) is 3.70. The highest BCUT2D eigenvalue weighted by Gasteiger charge is 2.17. The maximum absolute atomic E-state index is 11.5. The van der Waals surface area contributed by atoms with Crippen molar-refractivity contribution in [1.82, 2.24) is 0 Å². The second-order valence-electron chi connectivity index (χ2n) is 5.58. The normalized spacial score (nSPS) is 12.2. The van der Waals surface area contributed by atoms with Gasteiger partial charge in [0.05, 0.1) is 0 Å². The summed E-state index contributed by atoms with van der Waals surface area (Å²) in [4.78, 5) is 11.5. The highest BCUT2D eigenvalue weighted by Crippen LogP contribution is 2.16. The van der Waals surface area contributed by atoms with Crippen LogP contribution in [0, 0.1) is 0 Å². The highest BCUT2D eigenvalue weighted by molar-refractivity contribution is 5.85. The van der Waals surface area contributed by atoms with E-state index in [9.17, 15) is 4.79 Å². The SMILES string of the molecule is CCC(N)Cc1ccc(OC(=O)OC(C)(C)C)cc1.Cl. The summed E-state index contributed by atoms with van der Waals surface area (Å²) in [6.07, 6.45) is 1.07. The zero-order valence-electron chi connectivity index (χ0n) is 12.5. The molecule has 5 heteroatoms. The Hall–Kier alpha value is -1.26. The zero-order valence-corrected chi connectivity index (χ0v) is 13.3. The lowest BCUT2D eigenvalue weighted by Gasteiger charge is -2.18. The van der Waals surface area contributed by atoms with E-state index in [1.54, 1.807) is 32.9 Å². The predicted molar refractivity (Wildman–Crippen MR) is 82.5 cm³/mol. The van der Waals surface area contributed by atoms with E-state index in [1.807, 2.05) is 12.1 Å². The third kappa shape index (κ3) is 7.36. The van der Waals surface area contributed by atoms with Crippen molar-refractivity contribution < 1.29 is 14.3 Å². The van der Waals surface area contributed by atoms with Crippen molar-refractivity contribution in [3.05, 3.63) is 29.8 Å². The lowest BCUT2D eigenvalue weighted by Crippen LogP contribution is -2.26. The zero-order chi connectivity index (χ0) is 14.5. The molecular weight excluding hydrogens is 278 g/mol. The number of ether oxygens (including phenoxy) is 2. The average molecular weight is 302 g/mol. The number of carbonyl (C=O) groups excluding carboxylic acids is 1. The molecule has 4 nitrogen and oxygen atoms in total. The molecule has 0 spiro atoms. The van der Waals surface area contributed by atoms with Gasteiger partial charge in [0.25, 0.3) is 0 Å². The van der Waals surface area contributed by atoms with Gasteiger partial charge < -0.3 is 15.2 Å². The van der Waals surface area contributed by atoms with Gasteiger partial charge in [0, 0.05) is 6.04 Å². The highest BCUT2D eigenvalue weighted by atomic mass is 35.5. The first-order valence-corrected chi connectivity index (χ1v) is 6.55. The van der Waals surface area contributed by atoms with Gasteiger partial charge in [0.2, 0.25) is 0 Å². The number of rotatable bonds is 4. The number of hydrogen-bond donors (Lipinski definition) is 1. The van der Waals surface area contributed by atoms with E-state index >= 15 is 0 Å². The summed E-state index contributed by atoms with van der Waals surface area (Å²) in [6.45, 7) is 7.45. The monoisotopic (exact) mass is 301 g/mol. The van der Waals surface area contributed by atoms with E-state index in [0.717, 1.165) is 18.4 Å². The topological polar surface area (TPSA) is 61.5 Å². The van der Waals surface area contributed by atoms with Gasteiger partial charge in [-0.25, -0.2) is 4.79 Å². The quantitative estimate of drug-likeness (QED) is 0.680. The molecule has 1 aromatic rings. The van der Waals surface area contributed by atoms with Crippen LogP contribution in [0.3, 0.4) is 0 Å². The first-order chi connectivity index (χ1) is 8.80. The van der Waals surface area contributed by atoms with Crippen LogP contribution in [0.15, 0.2) is 24.3 Å². The van der Waals surface area contributed by atoms with Crippen LogP contribution in [0.2, 0.25) is 0 Å². The van der Waals surface area contributed by atoms with Crippen molar-refractivity contribution in [1.29, 1.82) is 0 Å². The number of nitrogens with two attached hydrogens (primary N) is 1. The molecule has 0 saturated heterocycles. The van der Waals surface area contributed by atoms with Gasteiger partial charge >= 0.3 is 6.16 Å². The van der Waals surface area contributed by atoms with E-state index in [-0.39, 0.29) is 18.4 Å². The van der Waals surface area contributed by atoms with Crippen LogP contribution < -0.4 is 10.5 Å². The van der Waals surface area contributed by atoms with E-state index in [1.165, 1.54) is 0 Å². The summed E-state index contributed by atoms with van der Waals surface area (Å²) in [5.74, 6) is 0.475. The second-order valence-corrected chi connectivity index (χ2v) is 5.58. The van der Waals surface area contributed by atoms with Gasteiger partial charge in [-0.15, -0.1) is 12.4 Å². The largest absolute Gasteiger partial charge is 0.514 e. The molecule has 1 aromatic carbocycles. The maximum Gasteiger partial charge on any atom is 0.514 e. The Morgan fingerprint density at radius 3 is 2.25 bits per heavy atom. The summed E-state index contributed by atoms with van der Waals surface area (Å²) in [7, 11) is 0. The summed E-state index contributed by atoms with van der Waals surface area (Å²) in [6, 6.07) is 7.49. The molecule has 0 saturated carbocycles. The molecule has 0 aliphatic carbocycles. The van der Waals surface area contributed by atoms with Crippen molar-refractivity contribution >= 4 is 18.6 Å². The van der Waals surface area contributed by atoms with Crippen molar-refractivity contribution in [3.63, 3.8) is 0 Å². The van der Waals surface area contributed by atoms with Crippen molar-refractivity contribution in [2.45, 2.75) is 52.2 Å². The van der Waals surface area contributed by atoms with Gasteiger partial charge in [0.15, 0.2) is 0 Å². The Kier molecular flexibility index (Phi) is 7.61. The van der Waals surface area contributed by atoms with Crippen LogP contribution in [0.4, 0.5) is 4.79 Å². The molecule has 0 aliphatic rings. The molecular formula is C15H24ClNO3. The minimum Gasteiger partial charge on any atom is -0.428 e. The molecule has 1 unspecified atom stereocenters. The fourth-order valence-electron chi connectivity index (χ4n) is 1.51. The molecule has 0 aliphatic heterocycles. The molecule has 0 radical (unpaired) electrons. The van der Waals surface area contributed by atoms with Gasteiger partial charge in [0.1, 0.15) is 11.4 Å². The molecule has 1 atom stereocenters. The van der Waals surface area contributed by atoms with Crippen molar-refractivity contribution in [2.24, 2.45) is 5.73 Å². The fraction of sp³-hybridized carbons (Fsp3) is 0.533. The Balaban J connectivity index is 0.00000361. The third-order valence-corrected chi connectivity index (χ3v) is 2.54. The maximum atomic E-state index is 11.5. The van der Waals surface area contributed by atoms with Crippen LogP contribution in [-0.4, -0.2) is 17.8 Å². The molecule has 0 fully saturated rings. The van der Waals surface area contributed by atoms with Crippen LogP contribution in [0.1, 0.15) is 39.7 Å². The molecule has 2 N–H and O–H groups in total. The number of carbonyl (C=O) groups is 1. The number of benzene rings is 1. The molecule has 0 aromatic heterocycles. The van der Waals surface area contributed by atoms with Gasteiger partial charge in [-0.05, 0) is 51.3 Å². The van der Waals surface area contributed by atoms with E-state index < -0.39 is 11.8 Å². The van der Waals surface area contributed by atoms with E-state index in [2.05, 4.69) is 6.92 Å². The number of halogens is 1. The Labute approximate surface area is 127 Å². The molecule has 20 heavy (non-hydrogen) atoms. The smallest absolute Gasteiger partial charge is 0.428 e. The minimum absolute atomic E-state index is 0. The number of hydrogen-bond acceptors (Lipinski definition) is 4. The van der Waals surface area contributed by atoms with Crippen LogP contribution in [0.25, 0.3) is 0 Å². The first kappa shape index (κ1) is 18.7. The van der Waals surface area contributed by atoms with E-state index in [4.69, 9.17) is 15.2 Å². The first-order valence-electron chi connectivity index (χ1n) is 6.55. The Bertz CT molecular complexity index is 412. The lowest BCUT2D eigenvalue weighted by atomic mass is 10.1. The molecule has 0 amide bonds. The summed E-state index contributed by atoms with van der Waals surface area (Å²) >= 11 is 0. The van der Waals surface area contributed by atoms with Gasteiger partial charge in [-0.3, -0.25) is 0 Å². The summed E-state index contributed by atoms with van der Waals surface area (Å²) in [5, 5.41) is 0. The lowest BCUT2D eigenvalue weighted by molar-refractivity contribution is 0.0206. The fourth-order valence-corrected chi connectivity index (χ4v) is 1.51. The molecule has 0 heterocycles. The summed E-state index contributed by atoms with van der Waals surface area (Å²) < 4.78 is 10.2. The van der Waals surface area contributed by atoms with Crippen LogP contribution in [0.5, 0.6) is 5.75 Å². The van der Waals surface area contributed by atoms with Crippen LogP contribution >= 0.6 is 12.4 Å². The van der Waals surface area contributed by atoms with Gasteiger partial charge in [-0.2, -0.15) is 0 Å². The third-order valence-electron chi connectivity index (χ3n) is 2.54. The van der Waals surface area contributed by atoms with Crippen molar-refractivity contribution in [2.75, 3.05) is 0 Å². The second kappa shape index (κ2) is 8.12. The standard InChI is InChI=1S/C15H23NO3.ClH/c1-5-12(16)10-11-6-8-13(9-7-11)18-14(17)19-15(2,3)4;/h6-9,12H,5,10,16H2,1-4H3;1H. The molecule has 0 bridgehead atoms.